The van der Waals surface area contributed by atoms with E-state index in [9.17, 15) is 9.59 Å². The summed E-state index contributed by atoms with van der Waals surface area (Å²) in [6.45, 7) is 6.48. The van der Waals surface area contributed by atoms with Gasteiger partial charge in [0.25, 0.3) is 5.91 Å². The second kappa shape index (κ2) is 10.7. The molecule has 3 aromatic rings. The maximum Gasteiger partial charge on any atom is 0.410 e. The first-order valence-electron chi connectivity index (χ1n) is 12.5. The highest BCUT2D eigenvalue weighted by molar-refractivity contribution is 7.96. The molecule has 0 aliphatic carbocycles. The van der Waals surface area contributed by atoms with Gasteiger partial charge in [-0.15, -0.1) is 0 Å². The minimum atomic E-state index is -2.25. The van der Waals surface area contributed by atoms with Gasteiger partial charge in [-0.05, 0) is 36.4 Å². The number of rotatable bonds is 8. The standard InChI is InChI=1S/C30H32N2O3P/c1-2-20-35-30(34)32-22-24(23-32)21-31-19-18-28(29(31)33)36(25-12-6-3-7-13-25,26-14-8-4-9-15-26)27-16-10-5-11-17-27/h2-17,24,28H,1,18-23H2/q+1. The van der Waals surface area contributed by atoms with Gasteiger partial charge >= 0.3 is 6.09 Å². The topological polar surface area (TPSA) is 49.9 Å². The Kier molecular flexibility index (Phi) is 7.20. The first-order chi connectivity index (χ1) is 17.6. The van der Waals surface area contributed by atoms with Crippen molar-refractivity contribution in [2.75, 3.05) is 32.8 Å². The van der Waals surface area contributed by atoms with Gasteiger partial charge in [-0.2, -0.15) is 0 Å². The summed E-state index contributed by atoms with van der Waals surface area (Å²) >= 11 is 0. The monoisotopic (exact) mass is 499 g/mol. The molecule has 1 atom stereocenters. The number of benzene rings is 3. The third kappa shape index (κ3) is 4.44. The normalized spacial score (nSPS) is 18.1. The van der Waals surface area contributed by atoms with E-state index in [0.717, 1.165) is 13.0 Å². The number of likely N-dealkylation sites (tertiary alicyclic amines) is 2. The molecular weight excluding hydrogens is 467 g/mol. The van der Waals surface area contributed by atoms with E-state index in [1.165, 1.54) is 15.9 Å². The summed E-state index contributed by atoms with van der Waals surface area (Å²) in [5.74, 6) is 0.509. The van der Waals surface area contributed by atoms with Crippen molar-refractivity contribution in [3.63, 3.8) is 0 Å². The van der Waals surface area contributed by atoms with Crippen LogP contribution in [-0.2, 0) is 9.53 Å². The minimum absolute atomic E-state index is 0.113. The fourth-order valence-corrected chi connectivity index (χ4v) is 10.5. The van der Waals surface area contributed by atoms with E-state index in [4.69, 9.17) is 4.74 Å². The molecule has 2 aliphatic rings. The van der Waals surface area contributed by atoms with E-state index in [2.05, 4.69) is 79.4 Å². The van der Waals surface area contributed by atoms with Gasteiger partial charge in [0.05, 0.1) is 0 Å². The number of ether oxygens (including phenoxy) is 1. The molecule has 0 saturated carbocycles. The maximum atomic E-state index is 14.1. The summed E-state index contributed by atoms with van der Waals surface area (Å²) in [6, 6.07) is 31.8. The smallest absolute Gasteiger partial charge is 0.410 e. The van der Waals surface area contributed by atoms with Crippen LogP contribution in [0.25, 0.3) is 0 Å². The van der Waals surface area contributed by atoms with Crippen LogP contribution in [0.3, 0.4) is 0 Å². The minimum Gasteiger partial charge on any atom is -0.445 e. The third-order valence-corrected chi connectivity index (χ3v) is 12.0. The zero-order chi connectivity index (χ0) is 25.0. The number of carbonyl (C=O) groups is 2. The van der Waals surface area contributed by atoms with Crippen LogP contribution in [0.5, 0.6) is 0 Å². The van der Waals surface area contributed by atoms with Crippen molar-refractivity contribution in [3.05, 3.63) is 104 Å². The van der Waals surface area contributed by atoms with E-state index in [-0.39, 0.29) is 30.2 Å². The molecule has 184 valence electrons. The van der Waals surface area contributed by atoms with Crippen molar-refractivity contribution >= 4 is 35.2 Å². The molecule has 0 radical (unpaired) electrons. The number of hydrogen-bond acceptors (Lipinski definition) is 3. The van der Waals surface area contributed by atoms with Gasteiger partial charge in [-0.1, -0.05) is 67.3 Å². The van der Waals surface area contributed by atoms with E-state index >= 15 is 0 Å². The predicted octanol–water partition coefficient (Wildman–Crippen LogP) is 3.84. The van der Waals surface area contributed by atoms with Gasteiger partial charge in [0.2, 0.25) is 0 Å². The van der Waals surface area contributed by atoms with Crippen LogP contribution in [0, 0.1) is 5.92 Å². The summed E-state index contributed by atoms with van der Waals surface area (Å²) in [7, 11) is -2.25. The fourth-order valence-electron chi connectivity index (χ4n) is 5.61. The van der Waals surface area contributed by atoms with Crippen molar-refractivity contribution in [2.45, 2.75) is 12.1 Å². The molecule has 2 heterocycles. The van der Waals surface area contributed by atoms with Gasteiger partial charge in [0, 0.05) is 38.5 Å². The van der Waals surface area contributed by atoms with Crippen LogP contribution in [-0.4, -0.2) is 60.2 Å². The van der Waals surface area contributed by atoms with Gasteiger partial charge < -0.3 is 14.5 Å². The zero-order valence-corrected chi connectivity index (χ0v) is 21.3. The second-order valence-electron chi connectivity index (χ2n) is 9.45. The summed E-state index contributed by atoms with van der Waals surface area (Å²) in [6.07, 6.45) is 2.09. The lowest BCUT2D eigenvalue weighted by Gasteiger charge is -2.40. The molecule has 5 rings (SSSR count). The molecule has 0 spiro atoms. The van der Waals surface area contributed by atoms with Crippen LogP contribution < -0.4 is 15.9 Å². The highest BCUT2D eigenvalue weighted by Gasteiger charge is 2.58. The molecule has 3 aromatic carbocycles. The summed E-state index contributed by atoms with van der Waals surface area (Å²) in [5.41, 5.74) is -0.113. The molecule has 2 fully saturated rings. The van der Waals surface area contributed by atoms with Crippen LogP contribution >= 0.6 is 7.26 Å². The fraction of sp³-hybridized carbons (Fsp3) is 0.267. The van der Waals surface area contributed by atoms with E-state index in [1.807, 2.05) is 23.1 Å². The van der Waals surface area contributed by atoms with Gasteiger partial charge in [0.1, 0.15) is 29.8 Å². The predicted molar refractivity (Wildman–Crippen MR) is 147 cm³/mol. The summed E-state index contributed by atoms with van der Waals surface area (Å²) in [4.78, 5) is 29.9. The number of amides is 2. The van der Waals surface area contributed by atoms with Crippen molar-refractivity contribution < 1.29 is 14.3 Å². The van der Waals surface area contributed by atoms with Crippen LogP contribution in [0.2, 0.25) is 0 Å². The molecule has 0 N–H and O–H groups in total. The quantitative estimate of drug-likeness (QED) is 0.350. The Morgan fingerprint density at radius 3 is 1.86 bits per heavy atom. The van der Waals surface area contributed by atoms with E-state index < -0.39 is 7.26 Å². The Hall–Kier alpha value is -3.43. The Bertz CT molecular complexity index is 1100. The molecule has 36 heavy (non-hydrogen) atoms. The first-order valence-corrected chi connectivity index (χ1v) is 14.4. The lowest BCUT2D eigenvalue weighted by molar-refractivity contribution is -0.128. The van der Waals surface area contributed by atoms with E-state index in [1.54, 1.807) is 11.0 Å². The number of carbonyl (C=O) groups excluding carboxylic acids is 2. The Morgan fingerprint density at radius 1 is 0.889 bits per heavy atom. The van der Waals surface area contributed by atoms with Crippen LogP contribution in [0.1, 0.15) is 6.42 Å². The second-order valence-corrected chi connectivity index (χ2v) is 13.1. The molecule has 0 aromatic heterocycles. The molecule has 2 saturated heterocycles. The van der Waals surface area contributed by atoms with Crippen molar-refractivity contribution in [1.82, 2.24) is 9.80 Å². The molecule has 2 amide bonds. The van der Waals surface area contributed by atoms with Crippen LogP contribution in [0.15, 0.2) is 104 Å². The SMILES string of the molecule is C=CCOC(=O)N1CC(CN2CCC([P+](c3ccccc3)(c3ccccc3)c3ccccc3)C2=O)C1. The Labute approximate surface area is 213 Å². The van der Waals surface area contributed by atoms with Gasteiger partial charge in [-0.3, -0.25) is 4.79 Å². The number of hydrogen-bond donors (Lipinski definition) is 0. The van der Waals surface area contributed by atoms with E-state index in [0.29, 0.717) is 19.6 Å². The van der Waals surface area contributed by atoms with Crippen molar-refractivity contribution in [2.24, 2.45) is 5.92 Å². The Morgan fingerprint density at radius 2 is 1.39 bits per heavy atom. The maximum absolute atomic E-state index is 14.1. The molecule has 6 heteroatoms. The average Bonchev–Trinajstić information content (AvgIpc) is 3.27. The van der Waals surface area contributed by atoms with Gasteiger partial charge in [-0.25, -0.2) is 4.79 Å². The Balaban J connectivity index is 1.44. The van der Waals surface area contributed by atoms with Crippen molar-refractivity contribution in [1.29, 1.82) is 0 Å². The molecule has 1 unspecified atom stereocenters. The number of nitrogens with zero attached hydrogens (tertiary/aromatic N) is 2. The molecule has 5 nitrogen and oxygen atoms in total. The highest BCUT2D eigenvalue weighted by atomic mass is 31.2. The summed E-state index contributed by atoms with van der Waals surface area (Å²) < 4.78 is 5.14. The van der Waals surface area contributed by atoms with Crippen LogP contribution in [0.4, 0.5) is 4.79 Å². The van der Waals surface area contributed by atoms with Gasteiger partial charge in [0.15, 0.2) is 5.66 Å². The highest BCUT2D eigenvalue weighted by Crippen LogP contribution is 2.62. The summed E-state index contributed by atoms with van der Waals surface area (Å²) in [5, 5.41) is 3.71. The third-order valence-electron chi connectivity index (χ3n) is 7.25. The lowest BCUT2D eigenvalue weighted by Crippen LogP contribution is -2.54. The zero-order valence-electron chi connectivity index (χ0n) is 20.4. The molecule has 2 aliphatic heterocycles. The molecular formula is C30H32N2O3P+. The lowest BCUT2D eigenvalue weighted by atomic mass is 10.0. The first kappa shape index (κ1) is 24.3. The van der Waals surface area contributed by atoms with Crippen molar-refractivity contribution in [3.8, 4) is 0 Å². The molecule has 0 bridgehead atoms. The largest absolute Gasteiger partial charge is 0.445 e. The average molecular weight is 500 g/mol.